The predicted octanol–water partition coefficient (Wildman–Crippen LogP) is 2.74. The number of aromatic nitrogens is 3. The van der Waals surface area contributed by atoms with Crippen molar-refractivity contribution in [1.29, 1.82) is 0 Å². The van der Waals surface area contributed by atoms with Crippen LogP contribution in [0, 0.1) is 5.92 Å². The first-order chi connectivity index (χ1) is 13.2. The van der Waals surface area contributed by atoms with Gasteiger partial charge in [0.15, 0.2) is 0 Å². The first-order valence-electron chi connectivity index (χ1n) is 10.1. The van der Waals surface area contributed by atoms with Crippen molar-refractivity contribution in [3.8, 4) is 0 Å². The van der Waals surface area contributed by atoms with Crippen LogP contribution in [0.2, 0.25) is 0 Å². The number of fused-ring (bicyclic) bond motifs is 1. The largest absolute Gasteiger partial charge is 0.385 e. The maximum Gasteiger partial charge on any atom is 0.222 e. The van der Waals surface area contributed by atoms with Gasteiger partial charge in [0.2, 0.25) is 5.91 Å². The smallest absolute Gasteiger partial charge is 0.222 e. The summed E-state index contributed by atoms with van der Waals surface area (Å²) in [7, 11) is 0. The molecule has 1 aromatic carbocycles. The second kappa shape index (κ2) is 7.80. The lowest BCUT2D eigenvalue weighted by Gasteiger charge is -2.52. The van der Waals surface area contributed by atoms with Crippen LogP contribution in [0.4, 0.5) is 0 Å². The third-order valence-electron chi connectivity index (χ3n) is 6.32. The van der Waals surface area contributed by atoms with Crippen LogP contribution in [0.1, 0.15) is 50.5 Å². The lowest BCUT2D eigenvalue weighted by molar-refractivity contribution is -0.155. The van der Waals surface area contributed by atoms with E-state index in [0.717, 1.165) is 37.7 Å². The second-order valence-electron chi connectivity index (χ2n) is 7.85. The van der Waals surface area contributed by atoms with Crippen LogP contribution < -0.4 is 0 Å². The Kier molecular flexibility index (Phi) is 5.25. The van der Waals surface area contributed by atoms with Crippen molar-refractivity contribution >= 4 is 5.91 Å². The van der Waals surface area contributed by atoms with E-state index >= 15 is 0 Å². The monoisotopic (exact) mass is 368 g/mol. The molecule has 2 heterocycles. The van der Waals surface area contributed by atoms with Gasteiger partial charge in [-0.1, -0.05) is 43.2 Å². The summed E-state index contributed by atoms with van der Waals surface area (Å²) in [6.07, 6.45) is 9.34. The molecule has 144 valence electrons. The number of carbonyl (C=O) groups is 1. The molecule has 1 amide bonds. The lowest BCUT2D eigenvalue weighted by Crippen LogP contribution is -2.58. The molecule has 2 aromatic rings. The molecule has 2 fully saturated rings. The number of aryl methyl sites for hydroxylation is 1. The van der Waals surface area contributed by atoms with Gasteiger partial charge in [-0.25, -0.2) is 4.98 Å². The number of nitrogens with zero attached hydrogens (tertiary/aromatic N) is 4. The minimum absolute atomic E-state index is 0.127. The number of hydrogen-bond donors (Lipinski definition) is 1. The molecular formula is C21H28N4O2. The third-order valence-corrected chi connectivity index (χ3v) is 6.32. The number of hydrogen-bond acceptors (Lipinski definition) is 4. The highest BCUT2D eigenvalue weighted by Gasteiger charge is 2.49. The summed E-state index contributed by atoms with van der Waals surface area (Å²) in [4.78, 5) is 18.9. The highest BCUT2D eigenvalue weighted by molar-refractivity contribution is 5.76. The molecule has 0 radical (unpaired) electrons. The van der Waals surface area contributed by atoms with Crippen molar-refractivity contribution in [1.82, 2.24) is 19.7 Å². The van der Waals surface area contributed by atoms with Crippen molar-refractivity contribution < 1.29 is 9.90 Å². The Hall–Kier alpha value is -2.21. The van der Waals surface area contributed by atoms with Gasteiger partial charge in [-0.3, -0.25) is 9.48 Å². The fourth-order valence-corrected chi connectivity index (χ4v) is 4.96. The van der Waals surface area contributed by atoms with Crippen molar-refractivity contribution in [2.24, 2.45) is 5.92 Å². The first kappa shape index (κ1) is 18.2. The maximum absolute atomic E-state index is 12.9. The molecule has 1 N–H and O–H groups in total. The molecule has 0 spiro atoms. The molecule has 6 nitrogen and oxygen atoms in total. The highest BCUT2D eigenvalue weighted by Crippen LogP contribution is 2.47. The molecule has 4 rings (SSSR count). The van der Waals surface area contributed by atoms with Crippen LogP contribution >= 0.6 is 0 Å². The molecule has 27 heavy (non-hydrogen) atoms. The molecule has 1 aliphatic carbocycles. The minimum atomic E-state index is -0.816. The van der Waals surface area contributed by atoms with Crippen LogP contribution in [-0.4, -0.2) is 43.3 Å². The Morgan fingerprint density at radius 2 is 2.04 bits per heavy atom. The number of aliphatic hydroxyl groups is 1. The summed E-state index contributed by atoms with van der Waals surface area (Å²) in [5.41, 5.74) is 0.185. The maximum atomic E-state index is 12.9. The molecule has 0 bridgehead atoms. The number of rotatable bonds is 5. The molecule has 6 heteroatoms. The zero-order chi connectivity index (χ0) is 18.7. The van der Waals surface area contributed by atoms with Crippen molar-refractivity contribution in [2.75, 3.05) is 6.54 Å². The van der Waals surface area contributed by atoms with Gasteiger partial charge in [0.1, 0.15) is 12.7 Å². The van der Waals surface area contributed by atoms with Crippen LogP contribution in [0.5, 0.6) is 0 Å². The Labute approximate surface area is 160 Å². The van der Waals surface area contributed by atoms with Gasteiger partial charge in [0.25, 0.3) is 0 Å². The van der Waals surface area contributed by atoms with Crippen LogP contribution in [-0.2, 0) is 16.9 Å². The minimum Gasteiger partial charge on any atom is -0.385 e. The third kappa shape index (κ3) is 3.63. The standard InChI is InChI=1S/C21H28N4O2/c26-20(11-6-13-24-16-22-15-23-24)25-14-12-21(27,17-7-2-1-3-8-17)18-9-4-5-10-19(18)25/h1-3,7-8,15-16,18-19,27H,4-6,9-14H2/t18-,19-,21+/m1/s1. The Morgan fingerprint density at radius 1 is 1.22 bits per heavy atom. The van der Waals surface area contributed by atoms with Gasteiger partial charge >= 0.3 is 0 Å². The van der Waals surface area contributed by atoms with E-state index in [1.165, 1.54) is 6.33 Å². The molecular weight excluding hydrogens is 340 g/mol. The fourth-order valence-electron chi connectivity index (χ4n) is 4.96. The zero-order valence-electron chi connectivity index (χ0n) is 15.7. The average molecular weight is 368 g/mol. The van der Waals surface area contributed by atoms with Crippen molar-refractivity contribution in [2.45, 2.75) is 63.1 Å². The zero-order valence-corrected chi connectivity index (χ0v) is 15.7. The van der Waals surface area contributed by atoms with E-state index in [0.29, 0.717) is 25.9 Å². The van der Waals surface area contributed by atoms with E-state index in [2.05, 4.69) is 15.0 Å². The van der Waals surface area contributed by atoms with E-state index in [-0.39, 0.29) is 17.9 Å². The van der Waals surface area contributed by atoms with Crippen molar-refractivity contribution in [3.05, 3.63) is 48.5 Å². The molecule has 1 aliphatic heterocycles. The molecule has 1 aromatic heterocycles. The summed E-state index contributed by atoms with van der Waals surface area (Å²) in [6.45, 7) is 1.34. The first-order valence-corrected chi connectivity index (χ1v) is 10.1. The van der Waals surface area contributed by atoms with Gasteiger partial charge < -0.3 is 10.0 Å². The number of carbonyl (C=O) groups excluding carboxylic acids is 1. The molecule has 1 saturated carbocycles. The topological polar surface area (TPSA) is 71.2 Å². The lowest BCUT2D eigenvalue weighted by atomic mass is 9.66. The summed E-state index contributed by atoms with van der Waals surface area (Å²) in [5, 5.41) is 15.7. The number of amides is 1. The SMILES string of the molecule is O=C(CCCn1cncn1)N1CC[C@](O)(c2ccccc2)[C@@H]2CCCC[C@H]21. The van der Waals surface area contributed by atoms with E-state index in [1.54, 1.807) is 11.0 Å². The Morgan fingerprint density at radius 3 is 2.81 bits per heavy atom. The van der Waals surface area contributed by atoms with E-state index in [1.807, 2.05) is 30.3 Å². The van der Waals surface area contributed by atoms with E-state index in [4.69, 9.17) is 0 Å². The van der Waals surface area contributed by atoms with Gasteiger partial charge in [-0.2, -0.15) is 5.10 Å². The summed E-state index contributed by atoms with van der Waals surface area (Å²) < 4.78 is 1.76. The Balaban J connectivity index is 1.45. The molecule has 0 unspecified atom stereocenters. The normalized spacial score (nSPS) is 28.0. The average Bonchev–Trinajstić information content (AvgIpc) is 3.22. The fraction of sp³-hybridized carbons (Fsp3) is 0.571. The van der Waals surface area contributed by atoms with Crippen LogP contribution in [0.25, 0.3) is 0 Å². The summed E-state index contributed by atoms with van der Waals surface area (Å²) >= 11 is 0. The van der Waals surface area contributed by atoms with Crippen LogP contribution in [0.3, 0.4) is 0 Å². The molecule has 3 atom stereocenters. The Bertz CT molecular complexity index is 749. The number of likely N-dealkylation sites (tertiary alicyclic amines) is 1. The summed E-state index contributed by atoms with van der Waals surface area (Å²) in [6, 6.07) is 10.2. The van der Waals surface area contributed by atoms with Gasteiger partial charge in [-0.05, 0) is 31.2 Å². The summed E-state index contributed by atoms with van der Waals surface area (Å²) in [5.74, 6) is 0.337. The highest BCUT2D eigenvalue weighted by atomic mass is 16.3. The second-order valence-corrected chi connectivity index (χ2v) is 7.85. The van der Waals surface area contributed by atoms with Crippen molar-refractivity contribution in [3.63, 3.8) is 0 Å². The molecule has 2 aliphatic rings. The molecule has 1 saturated heterocycles. The van der Waals surface area contributed by atoms with E-state index in [9.17, 15) is 9.90 Å². The van der Waals surface area contributed by atoms with Gasteiger partial charge in [0, 0.05) is 31.5 Å². The number of benzene rings is 1. The van der Waals surface area contributed by atoms with Gasteiger partial charge in [-0.15, -0.1) is 0 Å². The van der Waals surface area contributed by atoms with Crippen LogP contribution in [0.15, 0.2) is 43.0 Å². The van der Waals surface area contributed by atoms with E-state index < -0.39 is 5.60 Å². The van der Waals surface area contributed by atoms with Gasteiger partial charge in [0.05, 0.1) is 5.60 Å². The predicted molar refractivity (Wildman–Crippen MR) is 102 cm³/mol. The quantitative estimate of drug-likeness (QED) is 0.881. The number of piperidine rings is 1.